The topological polar surface area (TPSA) is 64.7 Å². The first-order valence-electron chi connectivity index (χ1n) is 7.68. The van der Waals surface area contributed by atoms with Gasteiger partial charge in [0.2, 0.25) is 5.91 Å². The van der Waals surface area contributed by atoms with Gasteiger partial charge < -0.3 is 9.88 Å². The summed E-state index contributed by atoms with van der Waals surface area (Å²) in [6.45, 7) is 6.37. The van der Waals surface area contributed by atoms with Gasteiger partial charge in [-0.3, -0.25) is 9.48 Å². The lowest BCUT2D eigenvalue weighted by Crippen LogP contribution is -2.08. The molecule has 3 aromatic rings. The lowest BCUT2D eigenvalue weighted by atomic mass is 10.2. The van der Waals surface area contributed by atoms with Gasteiger partial charge in [-0.25, -0.2) is 4.98 Å². The molecule has 120 valence electrons. The first-order chi connectivity index (χ1) is 10.9. The summed E-state index contributed by atoms with van der Waals surface area (Å²) in [7, 11) is 2.02. The number of anilines is 1. The quantitative estimate of drug-likeness (QED) is 0.805. The Morgan fingerprint density at radius 2 is 2.04 bits per heavy atom. The number of amides is 1. The normalized spacial score (nSPS) is 11.1. The van der Waals surface area contributed by atoms with Gasteiger partial charge in [-0.15, -0.1) is 0 Å². The number of carbonyl (C=O) groups excluding carboxylic acids is 1. The van der Waals surface area contributed by atoms with Crippen molar-refractivity contribution in [1.29, 1.82) is 0 Å². The number of aromatic nitrogens is 4. The van der Waals surface area contributed by atoms with Crippen LogP contribution in [0.5, 0.6) is 0 Å². The Balaban J connectivity index is 1.84. The number of carbonyl (C=O) groups is 1. The summed E-state index contributed by atoms with van der Waals surface area (Å²) in [4.78, 5) is 15.9. The molecule has 0 unspecified atom stereocenters. The summed E-state index contributed by atoms with van der Waals surface area (Å²) >= 11 is 0. The molecule has 3 rings (SSSR count). The molecule has 0 fully saturated rings. The number of benzene rings is 1. The highest BCUT2D eigenvalue weighted by Crippen LogP contribution is 2.20. The van der Waals surface area contributed by atoms with Crippen molar-refractivity contribution in [3.63, 3.8) is 0 Å². The van der Waals surface area contributed by atoms with E-state index in [0.717, 1.165) is 46.9 Å². The van der Waals surface area contributed by atoms with Gasteiger partial charge >= 0.3 is 0 Å². The highest BCUT2D eigenvalue weighted by Gasteiger charge is 2.10. The van der Waals surface area contributed by atoms with Crippen molar-refractivity contribution < 1.29 is 4.79 Å². The maximum absolute atomic E-state index is 11.2. The van der Waals surface area contributed by atoms with Crippen molar-refractivity contribution in [3.05, 3.63) is 41.5 Å². The van der Waals surface area contributed by atoms with Crippen LogP contribution in [0.4, 0.5) is 5.69 Å². The zero-order valence-corrected chi connectivity index (χ0v) is 13.9. The van der Waals surface area contributed by atoms with Gasteiger partial charge in [0, 0.05) is 38.3 Å². The molecule has 0 aliphatic rings. The van der Waals surface area contributed by atoms with Gasteiger partial charge in [0.15, 0.2) is 0 Å². The van der Waals surface area contributed by atoms with E-state index in [4.69, 9.17) is 4.98 Å². The number of fused-ring (bicyclic) bond motifs is 1. The second-order valence-corrected chi connectivity index (χ2v) is 5.87. The van der Waals surface area contributed by atoms with E-state index in [2.05, 4.69) is 28.0 Å². The molecule has 1 aromatic carbocycles. The fourth-order valence-electron chi connectivity index (χ4n) is 2.86. The van der Waals surface area contributed by atoms with Crippen molar-refractivity contribution in [1.82, 2.24) is 19.3 Å². The molecule has 6 heteroatoms. The van der Waals surface area contributed by atoms with E-state index in [1.807, 2.05) is 36.9 Å². The number of rotatable bonds is 4. The van der Waals surface area contributed by atoms with E-state index in [1.165, 1.54) is 6.92 Å². The first kappa shape index (κ1) is 15.3. The van der Waals surface area contributed by atoms with Crippen molar-refractivity contribution in [2.24, 2.45) is 7.05 Å². The molecular formula is C17H21N5O. The summed E-state index contributed by atoms with van der Waals surface area (Å²) in [5.41, 5.74) is 4.92. The number of hydrogen-bond donors (Lipinski definition) is 1. The van der Waals surface area contributed by atoms with Crippen molar-refractivity contribution in [3.8, 4) is 0 Å². The Hall–Kier alpha value is -2.63. The van der Waals surface area contributed by atoms with Gasteiger partial charge in [-0.1, -0.05) is 0 Å². The molecule has 23 heavy (non-hydrogen) atoms. The fourth-order valence-corrected chi connectivity index (χ4v) is 2.86. The predicted octanol–water partition coefficient (Wildman–Crippen LogP) is 2.59. The predicted molar refractivity (Wildman–Crippen MR) is 90.4 cm³/mol. The van der Waals surface area contributed by atoms with Crippen LogP contribution < -0.4 is 5.32 Å². The molecule has 0 spiro atoms. The van der Waals surface area contributed by atoms with Crippen LogP contribution in [-0.2, 0) is 24.8 Å². The summed E-state index contributed by atoms with van der Waals surface area (Å²) in [6, 6.07) is 7.87. The molecule has 0 radical (unpaired) electrons. The molecule has 6 nitrogen and oxygen atoms in total. The van der Waals surface area contributed by atoms with E-state index in [0.29, 0.717) is 0 Å². The summed E-state index contributed by atoms with van der Waals surface area (Å²) < 4.78 is 4.11. The van der Waals surface area contributed by atoms with Gasteiger partial charge in [0.05, 0.1) is 16.7 Å². The van der Waals surface area contributed by atoms with Gasteiger partial charge in [0.1, 0.15) is 5.82 Å². The van der Waals surface area contributed by atoms with Crippen LogP contribution in [0.2, 0.25) is 0 Å². The average molecular weight is 311 g/mol. The molecule has 0 aliphatic carbocycles. The second-order valence-electron chi connectivity index (χ2n) is 5.87. The maximum atomic E-state index is 11.2. The van der Waals surface area contributed by atoms with E-state index in [-0.39, 0.29) is 5.91 Å². The van der Waals surface area contributed by atoms with E-state index in [9.17, 15) is 4.79 Å². The van der Waals surface area contributed by atoms with Crippen molar-refractivity contribution >= 4 is 22.6 Å². The van der Waals surface area contributed by atoms with Crippen molar-refractivity contribution in [2.45, 2.75) is 33.7 Å². The smallest absolute Gasteiger partial charge is 0.221 e. The van der Waals surface area contributed by atoms with Crippen LogP contribution in [0.3, 0.4) is 0 Å². The van der Waals surface area contributed by atoms with Crippen molar-refractivity contribution in [2.75, 3.05) is 5.32 Å². The number of nitrogens with zero attached hydrogens (tertiary/aromatic N) is 4. The van der Waals surface area contributed by atoms with Crippen LogP contribution in [0.15, 0.2) is 24.3 Å². The van der Waals surface area contributed by atoms with Gasteiger partial charge in [-0.2, -0.15) is 5.10 Å². The Labute approximate surface area is 135 Å². The molecular weight excluding hydrogens is 290 g/mol. The van der Waals surface area contributed by atoms with Crippen LogP contribution in [0.25, 0.3) is 11.0 Å². The third kappa shape index (κ3) is 3.11. The molecule has 0 bridgehead atoms. The van der Waals surface area contributed by atoms with Crippen LogP contribution >= 0.6 is 0 Å². The van der Waals surface area contributed by atoms with Crippen LogP contribution in [0.1, 0.15) is 24.1 Å². The summed E-state index contributed by atoms with van der Waals surface area (Å²) in [5, 5.41) is 7.28. The van der Waals surface area contributed by atoms with Crippen LogP contribution in [0, 0.1) is 13.8 Å². The number of aryl methyl sites for hydroxylation is 5. The number of hydrogen-bond acceptors (Lipinski definition) is 3. The SMILES string of the molecule is CC(=O)Nc1ccc2c(c1)nc(CCn1nc(C)cc1C)n2C. The Morgan fingerprint density at radius 1 is 1.26 bits per heavy atom. The second kappa shape index (κ2) is 5.87. The standard InChI is InChI=1S/C17H21N5O/c1-11-9-12(2)22(20-11)8-7-17-19-15-10-14(18-13(3)23)5-6-16(15)21(17)4/h5-6,9-10H,7-8H2,1-4H3,(H,18,23). The fraction of sp³-hybridized carbons (Fsp3) is 0.353. The maximum Gasteiger partial charge on any atom is 0.221 e. The Morgan fingerprint density at radius 3 is 2.70 bits per heavy atom. The minimum atomic E-state index is -0.0787. The third-order valence-corrected chi connectivity index (χ3v) is 3.94. The molecule has 1 N–H and O–H groups in total. The molecule has 1 amide bonds. The molecule has 0 atom stereocenters. The molecule has 2 heterocycles. The average Bonchev–Trinajstić information content (AvgIpc) is 2.95. The Kier molecular flexibility index (Phi) is 3.90. The van der Waals surface area contributed by atoms with E-state index in [1.54, 1.807) is 0 Å². The number of imidazole rings is 1. The molecule has 0 saturated heterocycles. The molecule has 0 saturated carbocycles. The minimum absolute atomic E-state index is 0.0787. The lowest BCUT2D eigenvalue weighted by molar-refractivity contribution is -0.114. The Bertz CT molecular complexity index is 875. The lowest BCUT2D eigenvalue weighted by Gasteiger charge is -2.05. The van der Waals surface area contributed by atoms with Gasteiger partial charge in [-0.05, 0) is 38.1 Å². The monoisotopic (exact) mass is 311 g/mol. The molecule has 2 aromatic heterocycles. The highest BCUT2D eigenvalue weighted by atomic mass is 16.1. The summed E-state index contributed by atoms with van der Waals surface area (Å²) in [6.07, 6.45) is 0.808. The first-order valence-corrected chi connectivity index (χ1v) is 7.68. The zero-order chi connectivity index (χ0) is 16.6. The summed E-state index contributed by atoms with van der Waals surface area (Å²) in [5.74, 6) is 0.928. The molecule has 0 aliphatic heterocycles. The van der Waals surface area contributed by atoms with Gasteiger partial charge in [0.25, 0.3) is 0 Å². The van der Waals surface area contributed by atoms with E-state index >= 15 is 0 Å². The highest BCUT2D eigenvalue weighted by molar-refractivity contribution is 5.91. The third-order valence-electron chi connectivity index (χ3n) is 3.94. The zero-order valence-electron chi connectivity index (χ0n) is 13.9. The number of nitrogens with one attached hydrogen (secondary N) is 1. The largest absolute Gasteiger partial charge is 0.331 e. The minimum Gasteiger partial charge on any atom is -0.331 e. The van der Waals surface area contributed by atoms with E-state index < -0.39 is 0 Å². The van der Waals surface area contributed by atoms with Crippen LogP contribution in [-0.4, -0.2) is 25.2 Å².